The van der Waals surface area contributed by atoms with Crippen LogP contribution in [-0.2, 0) is 14.3 Å². The van der Waals surface area contributed by atoms with Gasteiger partial charge in [0.15, 0.2) is 0 Å². The molecule has 0 aromatic carbocycles. The van der Waals surface area contributed by atoms with Gasteiger partial charge in [0.1, 0.15) is 11.5 Å². The first-order chi connectivity index (χ1) is 7.39. The summed E-state index contributed by atoms with van der Waals surface area (Å²) in [6.45, 7) is 5.31. The maximum atomic E-state index is 11.4. The van der Waals surface area contributed by atoms with Crippen LogP contribution in [0.25, 0.3) is 0 Å². The quantitative estimate of drug-likeness (QED) is 0.407. The van der Waals surface area contributed by atoms with Crippen molar-refractivity contribution in [3.05, 3.63) is 5.57 Å². The minimum atomic E-state index is -0.544. The van der Waals surface area contributed by atoms with Crippen LogP contribution in [0.4, 0.5) is 0 Å². The van der Waals surface area contributed by atoms with Crippen LogP contribution in [0.1, 0.15) is 46.5 Å². The van der Waals surface area contributed by atoms with Gasteiger partial charge in [-0.25, -0.2) is 4.79 Å². The van der Waals surface area contributed by atoms with Gasteiger partial charge in [-0.05, 0) is 33.6 Å². The second-order valence-electron chi connectivity index (χ2n) is 4.48. The first-order valence-corrected chi connectivity index (χ1v) is 5.20. The summed E-state index contributed by atoms with van der Waals surface area (Å²) < 4.78 is 5.07. The van der Waals surface area contributed by atoms with Crippen molar-refractivity contribution in [1.82, 2.24) is 0 Å². The monoisotopic (exact) mass is 223 g/mol. The first kappa shape index (κ1) is 14.4. The minimum Gasteiger partial charge on any atom is -0.460 e. The lowest BCUT2D eigenvalue weighted by Crippen LogP contribution is -2.24. The number of unbranched alkanes of at least 4 members (excludes halogenated alkanes) is 1. The van der Waals surface area contributed by atoms with Gasteiger partial charge in [0.25, 0.3) is 0 Å². The van der Waals surface area contributed by atoms with E-state index in [1.807, 2.05) is 6.07 Å². The fourth-order valence-corrected chi connectivity index (χ4v) is 1.11. The van der Waals surface area contributed by atoms with E-state index >= 15 is 0 Å². The zero-order valence-electron chi connectivity index (χ0n) is 10.0. The van der Waals surface area contributed by atoms with E-state index in [1.165, 1.54) is 0 Å². The van der Waals surface area contributed by atoms with Crippen LogP contribution < -0.4 is 0 Å². The number of hydrogen-bond donors (Lipinski definition) is 0. The Kier molecular flexibility index (Phi) is 6.14. The van der Waals surface area contributed by atoms with E-state index in [2.05, 4.69) is 0 Å². The van der Waals surface area contributed by atoms with Gasteiger partial charge < -0.3 is 4.74 Å². The highest BCUT2D eigenvalue weighted by atomic mass is 16.6. The van der Waals surface area contributed by atoms with Crippen LogP contribution in [0.5, 0.6) is 0 Å². The average molecular weight is 223 g/mol. The second kappa shape index (κ2) is 6.81. The number of rotatable bonds is 5. The number of nitrogens with zero attached hydrogens (tertiary/aromatic N) is 1. The third kappa shape index (κ3) is 7.78. The van der Waals surface area contributed by atoms with E-state index in [4.69, 9.17) is 10.00 Å². The molecule has 0 saturated carbocycles. The molecule has 0 saturated heterocycles. The van der Waals surface area contributed by atoms with Gasteiger partial charge in [-0.15, -0.1) is 0 Å². The van der Waals surface area contributed by atoms with Crippen molar-refractivity contribution in [3.8, 4) is 6.07 Å². The number of esters is 1. The van der Waals surface area contributed by atoms with E-state index in [-0.39, 0.29) is 6.42 Å². The third-order valence-corrected chi connectivity index (χ3v) is 1.69. The molecule has 0 aromatic heterocycles. The molecule has 0 bridgehead atoms. The summed E-state index contributed by atoms with van der Waals surface area (Å²) in [5.41, 5.74) is -0.179. The highest BCUT2D eigenvalue weighted by Crippen LogP contribution is 2.13. The fraction of sp³-hybridized carbons (Fsp3) is 0.667. The molecule has 0 heterocycles. The molecule has 0 spiro atoms. The lowest BCUT2D eigenvalue weighted by molar-refractivity contribution is -0.153. The fourth-order valence-electron chi connectivity index (χ4n) is 1.11. The van der Waals surface area contributed by atoms with Crippen LogP contribution in [-0.4, -0.2) is 17.5 Å². The maximum Gasteiger partial charge on any atom is 0.311 e. The molecule has 0 radical (unpaired) electrons. The normalized spacial score (nSPS) is 10.1. The zero-order valence-corrected chi connectivity index (χ0v) is 10.0. The molecule has 88 valence electrons. The van der Waals surface area contributed by atoms with Crippen molar-refractivity contribution in [1.29, 1.82) is 5.26 Å². The summed E-state index contributed by atoms with van der Waals surface area (Å²) in [7, 11) is 0. The lowest BCUT2D eigenvalue weighted by atomic mass is 10.1. The van der Waals surface area contributed by atoms with Gasteiger partial charge in [0, 0.05) is 12.0 Å². The Labute approximate surface area is 95.9 Å². The Morgan fingerprint density at radius 3 is 2.44 bits per heavy atom. The Bertz CT molecular complexity index is 327. The highest BCUT2D eigenvalue weighted by Gasteiger charge is 2.17. The summed E-state index contributed by atoms with van der Waals surface area (Å²) in [6, 6.07) is 1.98. The summed E-state index contributed by atoms with van der Waals surface area (Å²) in [5.74, 6) is 1.31. The van der Waals surface area contributed by atoms with Crippen molar-refractivity contribution in [2.75, 3.05) is 0 Å². The van der Waals surface area contributed by atoms with Crippen LogP contribution >= 0.6 is 0 Å². The molecule has 0 unspecified atom stereocenters. The summed E-state index contributed by atoms with van der Waals surface area (Å²) in [4.78, 5) is 21.9. The molecule has 4 heteroatoms. The minimum absolute atomic E-state index is 0.0355. The molecule has 16 heavy (non-hydrogen) atoms. The van der Waals surface area contributed by atoms with Crippen molar-refractivity contribution in [2.45, 2.75) is 52.1 Å². The average Bonchev–Trinajstić information content (AvgIpc) is 2.13. The molecule has 0 fully saturated rings. The number of hydrogen-bond acceptors (Lipinski definition) is 4. The van der Waals surface area contributed by atoms with E-state index in [9.17, 15) is 9.59 Å². The predicted molar refractivity (Wildman–Crippen MR) is 59.1 cm³/mol. The molecule has 0 aliphatic rings. The van der Waals surface area contributed by atoms with Gasteiger partial charge >= 0.3 is 5.97 Å². The number of carbonyl (C=O) groups excluding carboxylic acids is 2. The van der Waals surface area contributed by atoms with Gasteiger partial charge in [-0.1, -0.05) is 0 Å². The lowest BCUT2D eigenvalue weighted by Gasteiger charge is -2.19. The van der Waals surface area contributed by atoms with Crippen LogP contribution in [0.3, 0.4) is 0 Å². The van der Waals surface area contributed by atoms with E-state index < -0.39 is 11.6 Å². The molecule has 0 amide bonds. The Hall–Kier alpha value is -1.59. The number of ether oxygens (including phenoxy) is 1. The van der Waals surface area contributed by atoms with Crippen molar-refractivity contribution < 1.29 is 14.3 Å². The van der Waals surface area contributed by atoms with Crippen LogP contribution in [0.15, 0.2) is 5.57 Å². The van der Waals surface area contributed by atoms with Gasteiger partial charge in [0.05, 0.1) is 12.5 Å². The summed E-state index contributed by atoms with van der Waals surface area (Å²) >= 11 is 0. The molecular formula is C12H17NO3. The molecule has 0 rings (SSSR count). The smallest absolute Gasteiger partial charge is 0.311 e. The predicted octanol–water partition coefficient (Wildman–Crippen LogP) is 2.17. The van der Waals surface area contributed by atoms with E-state index in [0.717, 1.165) is 0 Å². The van der Waals surface area contributed by atoms with Crippen LogP contribution in [0, 0.1) is 11.3 Å². The molecule has 0 aliphatic heterocycles. The first-order valence-electron chi connectivity index (χ1n) is 5.20. The molecule has 0 atom stereocenters. The van der Waals surface area contributed by atoms with Crippen molar-refractivity contribution in [2.24, 2.45) is 0 Å². The molecule has 0 N–H and O–H groups in total. The summed E-state index contributed by atoms with van der Waals surface area (Å²) in [5, 5.41) is 8.34. The molecule has 0 aliphatic carbocycles. The SMILES string of the molecule is CC(C)(C)OC(=O)CC(=C=O)CCCC#N. The highest BCUT2D eigenvalue weighted by molar-refractivity contribution is 5.76. The maximum absolute atomic E-state index is 11.4. The van der Waals surface area contributed by atoms with Gasteiger partial charge in [0.2, 0.25) is 0 Å². The largest absolute Gasteiger partial charge is 0.460 e. The third-order valence-electron chi connectivity index (χ3n) is 1.69. The standard InChI is InChI=1S/C12H17NO3/c1-12(2,3)16-11(15)8-10(9-14)6-4-5-7-13/h4-6,8H2,1-3H3. The van der Waals surface area contributed by atoms with Crippen molar-refractivity contribution >= 4 is 11.9 Å². The van der Waals surface area contributed by atoms with Crippen molar-refractivity contribution in [3.63, 3.8) is 0 Å². The molecule has 4 nitrogen and oxygen atoms in total. The van der Waals surface area contributed by atoms with Gasteiger partial charge in [-0.2, -0.15) is 5.26 Å². The molecular weight excluding hydrogens is 206 g/mol. The van der Waals surface area contributed by atoms with Gasteiger partial charge in [-0.3, -0.25) is 4.79 Å². The second-order valence-corrected chi connectivity index (χ2v) is 4.48. The van der Waals surface area contributed by atoms with E-state index in [1.54, 1.807) is 26.7 Å². The topological polar surface area (TPSA) is 67.2 Å². The van der Waals surface area contributed by atoms with Crippen LogP contribution in [0.2, 0.25) is 0 Å². The van der Waals surface area contributed by atoms with E-state index in [0.29, 0.717) is 24.8 Å². The zero-order chi connectivity index (χ0) is 12.6. The Morgan fingerprint density at radius 1 is 1.38 bits per heavy atom. The Balaban J connectivity index is 4.10. The summed E-state index contributed by atoms with van der Waals surface area (Å²) in [6.07, 6.45) is 1.34. The number of nitriles is 1. The number of carbonyl (C=O) groups is 1. The molecule has 0 aromatic rings. The Morgan fingerprint density at radius 2 is 2.00 bits per heavy atom.